The number of carbonyl (C=O) groups is 2. The highest BCUT2D eigenvalue weighted by atomic mass is 35.5. The number of thioether (sulfide) groups is 1. The van der Waals surface area contributed by atoms with Crippen LogP contribution in [-0.2, 0) is 9.59 Å². The molecule has 1 unspecified atom stereocenters. The van der Waals surface area contributed by atoms with Crippen LogP contribution in [-0.4, -0.2) is 27.9 Å². The predicted molar refractivity (Wildman–Crippen MR) is 116 cm³/mol. The zero-order chi connectivity index (χ0) is 20.1. The van der Waals surface area contributed by atoms with Crippen LogP contribution < -0.4 is 10.6 Å². The summed E-state index contributed by atoms with van der Waals surface area (Å²) in [6, 6.07) is 5.31. The first-order chi connectivity index (χ1) is 13.4. The summed E-state index contributed by atoms with van der Waals surface area (Å²) in [6.07, 6.45) is 6.15. The van der Waals surface area contributed by atoms with Gasteiger partial charge < -0.3 is 10.6 Å². The van der Waals surface area contributed by atoms with E-state index >= 15 is 0 Å². The van der Waals surface area contributed by atoms with E-state index in [4.69, 9.17) is 11.6 Å². The quantitative estimate of drug-likeness (QED) is 0.542. The van der Waals surface area contributed by atoms with Crippen molar-refractivity contribution < 1.29 is 9.59 Å². The summed E-state index contributed by atoms with van der Waals surface area (Å²) in [5.41, 5.74) is 2.58. The van der Waals surface area contributed by atoms with Crippen LogP contribution >= 0.6 is 23.4 Å². The van der Waals surface area contributed by atoms with E-state index in [2.05, 4.69) is 20.8 Å². The van der Waals surface area contributed by atoms with Gasteiger partial charge in [0.2, 0.25) is 11.8 Å². The first-order valence-electron chi connectivity index (χ1n) is 9.58. The third kappa shape index (κ3) is 5.58. The maximum Gasteiger partial charge on any atom is 0.240 e. The maximum absolute atomic E-state index is 12.3. The number of halogens is 1. The zero-order valence-corrected chi connectivity index (χ0v) is 17.7. The lowest BCUT2D eigenvalue weighted by atomic mass is 9.86. The standard InChI is InChI=1S/C20H25ClN4O2S/c1-12-8-9-15(21)10-16(12)22-18(26)11-17-19(27)23-20(28-17)25-24-13(2)14-6-4-3-5-7-14/h8-10,14,17H,3-7,11H2,1-2H3,(H,22,26)(H,23,25,27)/b24-13+. The van der Waals surface area contributed by atoms with Crippen LogP contribution in [0.1, 0.15) is 51.0 Å². The average Bonchev–Trinajstić information content (AvgIpc) is 3.02. The number of anilines is 1. The Bertz CT molecular complexity index is 818. The lowest BCUT2D eigenvalue weighted by molar-refractivity contribution is -0.122. The minimum atomic E-state index is -0.511. The van der Waals surface area contributed by atoms with E-state index in [9.17, 15) is 9.59 Å². The molecule has 1 heterocycles. The number of benzene rings is 1. The van der Waals surface area contributed by atoms with Crippen LogP contribution in [0.25, 0.3) is 0 Å². The lowest BCUT2D eigenvalue weighted by Crippen LogP contribution is -2.28. The summed E-state index contributed by atoms with van der Waals surface area (Å²) in [4.78, 5) is 24.5. The number of nitrogens with one attached hydrogen (secondary N) is 2. The van der Waals surface area contributed by atoms with Gasteiger partial charge in [0, 0.05) is 22.8 Å². The molecule has 1 aliphatic heterocycles. The summed E-state index contributed by atoms with van der Waals surface area (Å²) >= 11 is 7.23. The fourth-order valence-electron chi connectivity index (χ4n) is 3.41. The molecule has 150 valence electrons. The van der Waals surface area contributed by atoms with Crippen molar-refractivity contribution >= 4 is 51.7 Å². The SMILES string of the molecule is C/C(=N\N=C1\NC(=O)C(CC(=O)Nc2cc(Cl)ccc2C)S1)C1CCCCC1. The Morgan fingerprint density at radius 3 is 2.82 bits per heavy atom. The highest BCUT2D eigenvalue weighted by Crippen LogP contribution is 2.27. The smallest absolute Gasteiger partial charge is 0.240 e. The third-order valence-electron chi connectivity index (χ3n) is 5.12. The molecule has 2 aliphatic rings. The van der Waals surface area contributed by atoms with Gasteiger partial charge in [-0.1, -0.05) is 48.7 Å². The van der Waals surface area contributed by atoms with Gasteiger partial charge in [0.25, 0.3) is 0 Å². The molecule has 1 aromatic carbocycles. The van der Waals surface area contributed by atoms with Crippen molar-refractivity contribution in [3.8, 4) is 0 Å². The molecule has 1 atom stereocenters. The van der Waals surface area contributed by atoms with Crippen molar-refractivity contribution in [3.63, 3.8) is 0 Å². The number of carbonyl (C=O) groups excluding carboxylic acids is 2. The molecule has 1 saturated heterocycles. The second-order valence-corrected chi connectivity index (χ2v) is 8.92. The van der Waals surface area contributed by atoms with Gasteiger partial charge in [-0.3, -0.25) is 9.59 Å². The maximum atomic E-state index is 12.3. The summed E-state index contributed by atoms with van der Waals surface area (Å²) < 4.78 is 0. The van der Waals surface area contributed by atoms with Crippen LogP contribution in [0.3, 0.4) is 0 Å². The zero-order valence-electron chi connectivity index (χ0n) is 16.1. The molecule has 0 spiro atoms. The first-order valence-corrected chi connectivity index (χ1v) is 10.8. The van der Waals surface area contributed by atoms with Gasteiger partial charge in [-0.25, -0.2) is 0 Å². The Kier molecular flexibility index (Phi) is 7.13. The van der Waals surface area contributed by atoms with Crippen molar-refractivity contribution in [3.05, 3.63) is 28.8 Å². The minimum absolute atomic E-state index is 0.0623. The normalized spacial score (nSPS) is 22.4. The number of amides is 2. The van der Waals surface area contributed by atoms with E-state index < -0.39 is 5.25 Å². The van der Waals surface area contributed by atoms with Crippen LogP contribution in [0, 0.1) is 12.8 Å². The lowest BCUT2D eigenvalue weighted by Gasteiger charge is -2.20. The largest absolute Gasteiger partial charge is 0.326 e. The number of aryl methyl sites for hydroxylation is 1. The van der Waals surface area contributed by atoms with E-state index in [-0.39, 0.29) is 18.2 Å². The first kappa shape index (κ1) is 20.9. The molecule has 2 N–H and O–H groups in total. The molecule has 1 aliphatic carbocycles. The molecule has 6 nitrogen and oxygen atoms in total. The second kappa shape index (κ2) is 9.56. The number of hydrogen-bond acceptors (Lipinski definition) is 5. The van der Waals surface area contributed by atoms with E-state index in [0.29, 0.717) is 21.8 Å². The molecular formula is C20H25ClN4O2S. The van der Waals surface area contributed by atoms with E-state index in [1.165, 1.54) is 31.0 Å². The minimum Gasteiger partial charge on any atom is -0.326 e. The topological polar surface area (TPSA) is 82.9 Å². The number of hydrogen-bond donors (Lipinski definition) is 2. The van der Waals surface area contributed by atoms with Crippen molar-refractivity contribution in [2.75, 3.05) is 5.32 Å². The molecule has 28 heavy (non-hydrogen) atoms. The molecule has 0 radical (unpaired) electrons. The van der Waals surface area contributed by atoms with Gasteiger partial charge in [-0.15, -0.1) is 5.10 Å². The van der Waals surface area contributed by atoms with Gasteiger partial charge in [0.15, 0.2) is 5.17 Å². The highest BCUT2D eigenvalue weighted by Gasteiger charge is 2.32. The Hall–Kier alpha value is -1.86. The van der Waals surface area contributed by atoms with Crippen molar-refractivity contribution in [1.82, 2.24) is 5.32 Å². The Labute approximate surface area is 174 Å². The van der Waals surface area contributed by atoms with Gasteiger partial charge in [-0.2, -0.15) is 5.10 Å². The van der Waals surface area contributed by atoms with Crippen LogP contribution in [0.15, 0.2) is 28.4 Å². The molecule has 3 rings (SSSR count). The monoisotopic (exact) mass is 420 g/mol. The third-order valence-corrected chi connectivity index (χ3v) is 6.42. The Balaban J connectivity index is 1.56. The predicted octanol–water partition coefficient (Wildman–Crippen LogP) is 4.52. The molecular weight excluding hydrogens is 396 g/mol. The molecule has 8 heteroatoms. The van der Waals surface area contributed by atoms with Crippen molar-refractivity contribution in [2.45, 2.75) is 57.6 Å². The van der Waals surface area contributed by atoms with Gasteiger partial charge in [-0.05, 0) is 50.3 Å². The molecule has 0 bridgehead atoms. The second-order valence-electron chi connectivity index (χ2n) is 7.29. The molecule has 2 amide bonds. The summed E-state index contributed by atoms with van der Waals surface area (Å²) in [7, 11) is 0. The summed E-state index contributed by atoms with van der Waals surface area (Å²) in [6.45, 7) is 3.89. The summed E-state index contributed by atoms with van der Waals surface area (Å²) in [5, 5.41) is 14.6. The van der Waals surface area contributed by atoms with Crippen LogP contribution in [0.2, 0.25) is 5.02 Å². The average molecular weight is 421 g/mol. The summed E-state index contributed by atoms with van der Waals surface area (Å²) in [5.74, 6) is 0.0381. The van der Waals surface area contributed by atoms with E-state index in [1.54, 1.807) is 12.1 Å². The molecule has 0 aromatic heterocycles. The Morgan fingerprint density at radius 2 is 2.07 bits per heavy atom. The molecule has 2 fully saturated rings. The number of rotatable bonds is 5. The van der Waals surface area contributed by atoms with Gasteiger partial charge in [0.1, 0.15) is 5.25 Å². The van der Waals surface area contributed by atoms with Crippen LogP contribution in [0.4, 0.5) is 5.69 Å². The van der Waals surface area contributed by atoms with Crippen molar-refractivity contribution in [2.24, 2.45) is 16.1 Å². The number of nitrogens with zero attached hydrogens (tertiary/aromatic N) is 2. The van der Waals surface area contributed by atoms with E-state index in [1.807, 2.05) is 19.9 Å². The fourth-order valence-corrected chi connectivity index (χ4v) is 4.50. The molecule has 1 aromatic rings. The Morgan fingerprint density at radius 1 is 1.32 bits per heavy atom. The number of amidine groups is 1. The van der Waals surface area contributed by atoms with E-state index in [0.717, 1.165) is 24.1 Å². The van der Waals surface area contributed by atoms with Crippen molar-refractivity contribution in [1.29, 1.82) is 0 Å². The highest BCUT2D eigenvalue weighted by molar-refractivity contribution is 8.15. The van der Waals surface area contributed by atoms with Gasteiger partial charge >= 0.3 is 0 Å². The van der Waals surface area contributed by atoms with Gasteiger partial charge in [0.05, 0.1) is 0 Å². The molecule has 1 saturated carbocycles. The fraction of sp³-hybridized carbons (Fsp3) is 0.500. The van der Waals surface area contributed by atoms with Crippen LogP contribution in [0.5, 0.6) is 0 Å².